The molecule has 2 aromatic heterocycles. The van der Waals surface area contributed by atoms with Gasteiger partial charge in [-0.15, -0.1) is 0 Å². The Bertz CT molecular complexity index is 641. The van der Waals surface area contributed by atoms with Crippen molar-refractivity contribution in [3.63, 3.8) is 0 Å². The van der Waals surface area contributed by atoms with Gasteiger partial charge >= 0.3 is 0 Å². The molecule has 2 aliphatic heterocycles. The van der Waals surface area contributed by atoms with Gasteiger partial charge in [0.25, 0.3) is 0 Å². The lowest BCUT2D eigenvalue weighted by atomic mass is 10.1. The molecule has 23 heavy (non-hydrogen) atoms. The van der Waals surface area contributed by atoms with Gasteiger partial charge in [-0.2, -0.15) is 5.10 Å². The molecule has 2 saturated heterocycles. The second-order valence-corrected chi connectivity index (χ2v) is 6.99. The van der Waals surface area contributed by atoms with E-state index in [1.807, 2.05) is 10.9 Å². The number of rotatable bonds is 4. The van der Waals surface area contributed by atoms with E-state index >= 15 is 0 Å². The van der Waals surface area contributed by atoms with Crippen LogP contribution in [0, 0.1) is 5.92 Å². The summed E-state index contributed by atoms with van der Waals surface area (Å²) in [6, 6.07) is 4.97. The predicted octanol–water partition coefficient (Wildman–Crippen LogP) is 3.05. The molecule has 0 bridgehead atoms. The summed E-state index contributed by atoms with van der Waals surface area (Å²) in [5.41, 5.74) is 2.44. The maximum Gasteiger partial charge on any atom is 0.150 e. The van der Waals surface area contributed by atoms with Crippen molar-refractivity contribution in [2.24, 2.45) is 5.92 Å². The van der Waals surface area contributed by atoms with Crippen LogP contribution in [0.1, 0.15) is 38.8 Å². The maximum absolute atomic E-state index is 5.83. The van der Waals surface area contributed by atoms with Gasteiger partial charge in [0.2, 0.25) is 0 Å². The van der Waals surface area contributed by atoms with Crippen molar-refractivity contribution >= 4 is 0 Å². The van der Waals surface area contributed by atoms with Gasteiger partial charge in [0.05, 0.1) is 11.9 Å². The van der Waals surface area contributed by atoms with Crippen LogP contribution in [0.3, 0.4) is 0 Å². The van der Waals surface area contributed by atoms with Gasteiger partial charge < -0.3 is 14.6 Å². The van der Waals surface area contributed by atoms with Gasteiger partial charge in [0, 0.05) is 37.2 Å². The van der Waals surface area contributed by atoms with Crippen LogP contribution in [-0.2, 0) is 11.3 Å². The Hall–Kier alpha value is -1.59. The predicted molar refractivity (Wildman–Crippen MR) is 90.1 cm³/mol. The second kappa shape index (κ2) is 6.49. The van der Waals surface area contributed by atoms with Gasteiger partial charge in [0.1, 0.15) is 6.23 Å². The zero-order valence-electron chi connectivity index (χ0n) is 13.8. The van der Waals surface area contributed by atoms with Gasteiger partial charge in [0.15, 0.2) is 0 Å². The summed E-state index contributed by atoms with van der Waals surface area (Å²) in [6.07, 6.45) is 11.1. The lowest BCUT2D eigenvalue weighted by Gasteiger charge is -2.22. The molecule has 0 saturated carbocycles. The molecule has 5 nitrogen and oxygen atoms in total. The van der Waals surface area contributed by atoms with Crippen molar-refractivity contribution in [3.8, 4) is 11.3 Å². The van der Waals surface area contributed by atoms with Crippen LogP contribution in [0.25, 0.3) is 11.3 Å². The highest BCUT2D eigenvalue weighted by molar-refractivity contribution is 5.58. The highest BCUT2D eigenvalue weighted by Crippen LogP contribution is 2.27. The Labute approximate surface area is 137 Å². The number of hydrogen-bond donors (Lipinski definition) is 1. The molecule has 1 N–H and O–H groups in total. The Balaban J connectivity index is 1.50. The van der Waals surface area contributed by atoms with Gasteiger partial charge in [-0.05, 0) is 57.2 Å². The fourth-order valence-electron chi connectivity index (χ4n) is 3.85. The summed E-state index contributed by atoms with van der Waals surface area (Å²) in [4.78, 5) is 0. The van der Waals surface area contributed by atoms with Crippen LogP contribution >= 0.6 is 0 Å². The molecule has 3 atom stereocenters. The number of ether oxygens (including phenoxy) is 1. The summed E-state index contributed by atoms with van der Waals surface area (Å²) in [6.45, 7) is 5.31. The third kappa shape index (κ3) is 3.21. The van der Waals surface area contributed by atoms with Crippen LogP contribution in [0.5, 0.6) is 0 Å². The lowest BCUT2D eigenvalue weighted by molar-refractivity contribution is -0.0394. The average Bonchev–Trinajstić information content (AvgIpc) is 3.29. The largest absolute Gasteiger partial charge is 0.357 e. The van der Waals surface area contributed by atoms with Crippen molar-refractivity contribution < 1.29 is 4.74 Å². The molecule has 0 aromatic carbocycles. The van der Waals surface area contributed by atoms with E-state index in [0.717, 1.165) is 26.1 Å². The van der Waals surface area contributed by atoms with E-state index in [4.69, 9.17) is 4.74 Å². The molecule has 0 amide bonds. The minimum absolute atomic E-state index is 0.112. The highest BCUT2D eigenvalue weighted by Gasteiger charge is 2.22. The van der Waals surface area contributed by atoms with Crippen LogP contribution < -0.4 is 5.32 Å². The first kappa shape index (κ1) is 15.0. The lowest BCUT2D eigenvalue weighted by Crippen LogP contribution is -2.18. The van der Waals surface area contributed by atoms with Crippen molar-refractivity contribution in [2.75, 3.05) is 13.2 Å². The van der Waals surface area contributed by atoms with Gasteiger partial charge in [-0.1, -0.05) is 0 Å². The van der Waals surface area contributed by atoms with E-state index in [-0.39, 0.29) is 6.23 Å². The number of aromatic nitrogens is 3. The number of hydrogen-bond acceptors (Lipinski definition) is 3. The summed E-state index contributed by atoms with van der Waals surface area (Å²) >= 11 is 0. The fourth-order valence-corrected chi connectivity index (χ4v) is 3.85. The van der Waals surface area contributed by atoms with Crippen molar-refractivity contribution in [1.29, 1.82) is 0 Å². The van der Waals surface area contributed by atoms with Crippen molar-refractivity contribution in [1.82, 2.24) is 19.7 Å². The second-order valence-electron chi connectivity index (χ2n) is 6.99. The first-order valence-corrected chi connectivity index (χ1v) is 8.84. The first-order chi connectivity index (χ1) is 11.3. The molecule has 0 radical (unpaired) electrons. The molecule has 2 aliphatic rings. The first-order valence-electron chi connectivity index (χ1n) is 8.84. The summed E-state index contributed by atoms with van der Waals surface area (Å²) < 4.78 is 10.2. The van der Waals surface area contributed by atoms with E-state index in [0.29, 0.717) is 12.0 Å². The standard InChI is InChI=1S/C18H26N4O/c1-14-9-15(10-19-14)12-21-7-4-5-17(21)16-11-20-22(13-16)18-6-2-3-8-23-18/h4-5,7,11,13-15,18-19H,2-3,6,8-10,12H2,1H3/t14-,15-,18?/m1/s1. The Morgan fingerprint density at radius 1 is 1.39 bits per heavy atom. The monoisotopic (exact) mass is 314 g/mol. The topological polar surface area (TPSA) is 44.0 Å². The van der Waals surface area contributed by atoms with E-state index in [9.17, 15) is 0 Å². The molecule has 5 heteroatoms. The highest BCUT2D eigenvalue weighted by atomic mass is 16.5. The molecule has 0 aliphatic carbocycles. The molecular weight excluding hydrogens is 288 g/mol. The van der Waals surface area contributed by atoms with E-state index in [1.54, 1.807) is 0 Å². The van der Waals surface area contributed by atoms with E-state index in [2.05, 4.69) is 46.4 Å². The quantitative estimate of drug-likeness (QED) is 0.943. The molecule has 124 valence electrons. The third-order valence-electron chi connectivity index (χ3n) is 5.07. The van der Waals surface area contributed by atoms with Crippen molar-refractivity contribution in [2.45, 2.75) is 51.4 Å². The number of nitrogens with zero attached hydrogens (tertiary/aromatic N) is 3. The minimum Gasteiger partial charge on any atom is -0.357 e. The van der Waals surface area contributed by atoms with Crippen molar-refractivity contribution in [3.05, 3.63) is 30.7 Å². The Kier molecular flexibility index (Phi) is 4.23. The third-order valence-corrected chi connectivity index (χ3v) is 5.07. The van der Waals surface area contributed by atoms with E-state index in [1.165, 1.54) is 30.5 Å². The molecule has 1 unspecified atom stereocenters. The molecule has 2 fully saturated rings. The Morgan fingerprint density at radius 3 is 3.13 bits per heavy atom. The number of nitrogens with one attached hydrogen (secondary N) is 1. The van der Waals surface area contributed by atoms with Gasteiger partial charge in [-0.25, -0.2) is 4.68 Å². The normalized spacial score (nSPS) is 28.3. The maximum atomic E-state index is 5.83. The fraction of sp³-hybridized carbons (Fsp3) is 0.611. The minimum atomic E-state index is 0.112. The Morgan fingerprint density at radius 2 is 2.35 bits per heavy atom. The summed E-state index contributed by atoms with van der Waals surface area (Å²) in [7, 11) is 0. The van der Waals surface area contributed by atoms with Crippen LogP contribution in [0.4, 0.5) is 0 Å². The molecule has 2 aromatic rings. The SMILES string of the molecule is C[C@@H]1C[C@@H](Cn2cccc2-c2cnn(C3CCCCO3)c2)CN1. The van der Waals surface area contributed by atoms with Gasteiger partial charge in [-0.3, -0.25) is 0 Å². The van der Waals surface area contributed by atoms with Crippen LogP contribution in [-0.4, -0.2) is 33.5 Å². The molecule has 0 spiro atoms. The molecule has 4 heterocycles. The zero-order valence-corrected chi connectivity index (χ0v) is 13.8. The zero-order chi connectivity index (χ0) is 15.6. The molecular formula is C18H26N4O. The smallest absolute Gasteiger partial charge is 0.150 e. The summed E-state index contributed by atoms with van der Waals surface area (Å²) in [5.74, 6) is 0.716. The van der Waals surface area contributed by atoms with E-state index < -0.39 is 0 Å². The van der Waals surface area contributed by atoms with Crippen LogP contribution in [0.15, 0.2) is 30.7 Å². The summed E-state index contributed by atoms with van der Waals surface area (Å²) in [5, 5.41) is 8.09. The van der Waals surface area contributed by atoms with Crippen LogP contribution in [0.2, 0.25) is 0 Å². The molecule has 4 rings (SSSR count). The average molecular weight is 314 g/mol.